The molecule has 0 radical (unpaired) electrons. The highest BCUT2D eigenvalue weighted by Crippen LogP contribution is 2.33. The first-order valence-electron chi connectivity index (χ1n) is 9.89. The molecule has 0 unspecified atom stereocenters. The van der Waals surface area contributed by atoms with Gasteiger partial charge in [-0.15, -0.1) is 11.3 Å². The van der Waals surface area contributed by atoms with E-state index in [9.17, 15) is 4.79 Å². The predicted molar refractivity (Wildman–Crippen MR) is 111 cm³/mol. The zero-order valence-corrected chi connectivity index (χ0v) is 17.1. The maximum absolute atomic E-state index is 13.0. The summed E-state index contributed by atoms with van der Waals surface area (Å²) in [6.45, 7) is 6.28. The van der Waals surface area contributed by atoms with Crippen LogP contribution in [0.4, 0.5) is 5.69 Å². The average Bonchev–Trinajstić information content (AvgIpc) is 3.11. The standard InChI is InChI=1S/C22H28N2O2S/c1-16-7-8-20-18(13-16)14-21(27-20)22(25)23(2)15-17-5-3-4-6-19(17)24-9-11-26-12-10-24/h3-6,14,16H,7-13,15H2,1-2H3/t16-/m1/s1. The van der Waals surface area contributed by atoms with Crippen molar-refractivity contribution in [1.29, 1.82) is 0 Å². The molecular formula is C22H28N2O2S. The van der Waals surface area contributed by atoms with E-state index in [4.69, 9.17) is 4.74 Å². The molecule has 1 aliphatic carbocycles. The van der Waals surface area contributed by atoms with Crippen molar-refractivity contribution in [2.75, 3.05) is 38.3 Å². The second-order valence-electron chi connectivity index (χ2n) is 7.80. The van der Waals surface area contributed by atoms with Gasteiger partial charge in [-0.1, -0.05) is 25.1 Å². The Kier molecular flexibility index (Phi) is 5.50. The Morgan fingerprint density at radius 2 is 2.07 bits per heavy atom. The van der Waals surface area contributed by atoms with E-state index in [1.54, 1.807) is 11.3 Å². The number of anilines is 1. The highest BCUT2D eigenvalue weighted by molar-refractivity contribution is 7.14. The number of carbonyl (C=O) groups is 1. The first-order chi connectivity index (χ1) is 13.1. The number of hydrogen-bond acceptors (Lipinski definition) is 4. The topological polar surface area (TPSA) is 32.8 Å². The molecule has 1 fully saturated rings. The zero-order valence-electron chi connectivity index (χ0n) is 16.2. The quantitative estimate of drug-likeness (QED) is 0.799. The predicted octanol–water partition coefficient (Wildman–Crippen LogP) is 3.98. The van der Waals surface area contributed by atoms with Crippen LogP contribution in [0.2, 0.25) is 0 Å². The van der Waals surface area contributed by atoms with Gasteiger partial charge < -0.3 is 14.5 Å². The van der Waals surface area contributed by atoms with Gasteiger partial charge in [0.25, 0.3) is 5.91 Å². The lowest BCUT2D eigenvalue weighted by molar-refractivity contribution is 0.0789. The maximum atomic E-state index is 13.0. The van der Waals surface area contributed by atoms with E-state index >= 15 is 0 Å². The summed E-state index contributed by atoms with van der Waals surface area (Å²) in [5, 5.41) is 0. The van der Waals surface area contributed by atoms with Crippen molar-refractivity contribution in [3.05, 3.63) is 51.2 Å². The number of carbonyl (C=O) groups excluding carboxylic acids is 1. The summed E-state index contributed by atoms with van der Waals surface area (Å²) < 4.78 is 5.48. The van der Waals surface area contributed by atoms with E-state index in [1.807, 2.05) is 11.9 Å². The van der Waals surface area contributed by atoms with Crippen LogP contribution >= 0.6 is 11.3 Å². The Balaban J connectivity index is 1.49. The molecule has 2 aliphatic rings. The molecule has 1 aromatic heterocycles. The van der Waals surface area contributed by atoms with Crippen molar-refractivity contribution < 1.29 is 9.53 Å². The minimum absolute atomic E-state index is 0.138. The van der Waals surface area contributed by atoms with Gasteiger partial charge in [-0.05, 0) is 48.4 Å². The van der Waals surface area contributed by atoms with Gasteiger partial charge >= 0.3 is 0 Å². The molecule has 0 spiro atoms. The molecule has 0 saturated carbocycles. The highest BCUT2D eigenvalue weighted by Gasteiger charge is 2.23. The molecule has 1 amide bonds. The molecule has 4 nitrogen and oxygen atoms in total. The van der Waals surface area contributed by atoms with Crippen molar-refractivity contribution >= 4 is 22.9 Å². The lowest BCUT2D eigenvalue weighted by atomic mass is 9.90. The normalized spacial score (nSPS) is 19.6. The minimum atomic E-state index is 0.138. The first kappa shape index (κ1) is 18.5. The minimum Gasteiger partial charge on any atom is -0.378 e. The molecule has 1 saturated heterocycles. The fourth-order valence-electron chi connectivity index (χ4n) is 4.08. The Morgan fingerprint density at radius 3 is 2.89 bits per heavy atom. The van der Waals surface area contributed by atoms with Crippen LogP contribution in [0.5, 0.6) is 0 Å². The summed E-state index contributed by atoms with van der Waals surface area (Å²) in [5.41, 5.74) is 3.81. The van der Waals surface area contributed by atoms with Gasteiger partial charge in [0, 0.05) is 37.2 Å². The van der Waals surface area contributed by atoms with Gasteiger partial charge in [-0.25, -0.2) is 0 Å². The molecule has 2 heterocycles. The molecule has 144 valence electrons. The van der Waals surface area contributed by atoms with E-state index in [2.05, 4.69) is 42.2 Å². The van der Waals surface area contributed by atoms with Crippen molar-refractivity contribution in [3.8, 4) is 0 Å². The number of amides is 1. The summed E-state index contributed by atoms with van der Waals surface area (Å²) in [7, 11) is 1.92. The van der Waals surface area contributed by atoms with Crippen LogP contribution in [0.1, 0.15) is 39.0 Å². The van der Waals surface area contributed by atoms with Crippen molar-refractivity contribution in [2.24, 2.45) is 5.92 Å². The van der Waals surface area contributed by atoms with Crippen LogP contribution in [0.3, 0.4) is 0 Å². The summed E-state index contributed by atoms with van der Waals surface area (Å²) in [6, 6.07) is 10.6. The Morgan fingerprint density at radius 1 is 1.30 bits per heavy atom. The fourth-order valence-corrected chi connectivity index (χ4v) is 5.29. The van der Waals surface area contributed by atoms with Crippen LogP contribution in [-0.4, -0.2) is 44.2 Å². The smallest absolute Gasteiger partial charge is 0.263 e. The number of fused-ring (bicyclic) bond motifs is 1. The average molecular weight is 385 g/mol. The van der Waals surface area contributed by atoms with E-state index in [0.717, 1.165) is 49.9 Å². The number of benzene rings is 1. The second-order valence-corrected chi connectivity index (χ2v) is 8.93. The lowest BCUT2D eigenvalue weighted by Crippen LogP contribution is -2.37. The maximum Gasteiger partial charge on any atom is 0.263 e. The Hall–Kier alpha value is -1.85. The van der Waals surface area contributed by atoms with Crippen LogP contribution in [-0.2, 0) is 24.1 Å². The van der Waals surface area contributed by atoms with E-state index in [0.29, 0.717) is 6.54 Å². The number of nitrogens with zero attached hydrogens (tertiary/aromatic N) is 2. The molecule has 1 aromatic carbocycles. The van der Waals surface area contributed by atoms with Crippen molar-refractivity contribution in [1.82, 2.24) is 4.90 Å². The number of morpholine rings is 1. The number of rotatable bonds is 4. The third-order valence-electron chi connectivity index (χ3n) is 5.64. The second kappa shape index (κ2) is 8.03. The molecule has 0 bridgehead atoms. The molecule has 0 N–H and O–H groups in total. The third-order valence-corrected chi connectivity index (χ3v) is 6.86. The van der Waals surface area contributed by atoms with E-state index in [1.165, 1.54) is 28.1 Å². The van der Waals surface area contributed by atoms with Crippen LogP contribution in [0.15, 0.2) is 30.3 Å². The first-order valence-corrected chi connectivity index (χ1v) is 10.7. The Bertz CT molecular complexity index is 810. The van der Waals surface area contributed by atoms with Crippen LogP contribution in [0, 0.1) is 5.92 Å². The molecule has 2 aromatic rings. The largest absolute Gasteiger partial charge is 0.378 e. The molecule has 27 heavy (non-hydrogen) atoms. The van der Waals surface area contributed by atoms with Gasteiger partial charge in [0.1, 0.15) is 0 Å². The van der Waals surface area contributed by atoms with Gasteiger partial charge in [-0.2, -0.15) is 0 Å². The van der Waals surface area contributed by atoms with Gasteiger partial charge in [0.2, 0.25) is 0 Å². The number of aryl methyl sites for hydroxylation is 1. The number of para-hydroxylation sites is 1. The van der Waals surface area contributed by atoms with Crippen molar-refractivity contribution in [2.45, 2.75) is 32.7 Å². The molecule has 5 heteroatoms. The summed E-state index contributed by atoms with van der Waals surface area (Å²) in [6.07, 6.45) is 3.48. The number of thiophene rings is 1. The zero-order chi connectivity index (χ0) is 18.8. The lowest BCUT2D eigenvalue weighted by Gasteiger charge is -2.31. The summed E-state index contributed by atoms with van der Waals surface area (Å²) in [4.78, 5) is 19.6. The fraction of sp³-hybridized carbons (Fsp3) is 0.500. The molecule has 4 rings (SSSR count). The Labute approximate surface area is 165 Å². The van der Waals surface area contributed by atoms with Crippen LogP contribution < -0.4 is 4.90 Å². The van der Waals surface area contributed by atoms with Gasteiger partial charge in [-0.3, -0.25) is 4.79 Å². The van der Waals surface area contributed by atoms with E-state index < -0.39 is 0 Å². The monoisotopic (exact) mass is 384 g/mol. The SMILES string of the molecule is C[C@@H]1CCc2sc(C(=O)N(C)Cc3ccccc3N3CCOCC3)cc2C1. The highest BCUT2D eigenvalue weighted by atomic mass is 32.1. The number of ether oxygens (including phenoxy) is 1. The van der Waals surface area contributed by atoms with Crippen LogP contribution in [0.25, 0.3) is 0 Å². The number of hydrogen-bond donors (Lipinski definition) is 0. The molecular weight excluding hydrogens is 356 g/mol. The van der Waals surface area contributed by atoms with Gasteiger partial charge in [0.15, 0.2) is 0 Å². The van der Waals surface area contributed by atoms with Gasteiger partial charge in [0.05, 0.1) is 18.1 Å². The molecule has 1 aliphatic heterocycles. The summed E-state index contributed by atoms with van der Waals surface area (Å²) >= 11 is 1.70. The third kappa shape index (κ3) is 4.04. The molecule has 1 atom stereocenters. The summed E-state index contributed by atoms with van der Waals surface area (Å²) in [5.74, 6) is 0.868. The van der Waals surface area contributed by atoms with Crippen molar-refractivity contribution in [3.63, 3.8) is 0 Å². The van der Waals surface area contributed by atoms with E-state index in [-0.39, 0.29) is 5.91 Å².